The van der Waals surface area contributed by atoms with Gasteiger partial charge in [-0.2, -0.15) is 0 Å². The zero-order valence-electron chi connectivity index (χ0n) is 28.5. The van der Waals surface area contributed by atoms with Crippen molar-refractivity contribution in [2.45, 2.75) is 0 Å². The number of hydrogen-bond acceptors (Lipinski definition) is 1. The summed E-state index contributed by atoms with van der Waals surface area (Å²) in [5.41, 5.74) is 11.8. The second-order valence-corrected chi connectivity index (χ2v) is 13.3. The normalized spacial score (nSPS) is 11.5. The first-order chi connectivity index (χ1) is 25.8. The predicted molar refractivity (Wildman–Crippen MR) is 221 cm³/mol. The van der Waals surface area contributed by atoms with Gasteiger partial charge < -0.3 is 9.47 Å². The van der Waals surface area contributed by atoms with Gasteiger partial charge in [0.15, 0.2) is 0 Å². The molecule has 0 unspecified atom stereocenters. The minimum Gasteiger partial charge on any atom is -0.310 e. The highest BCUT2D eigenvalue weighted by Crippen LogP contribution is 2.43. The van der Waals surface area contributed by atoms with Crippen molar-refractivity contribution in [3.05, 3.63) is 206 Å². The van der Waals surface area contributed by atoms with Crippen LogP contribution in [0.5, 0.6) is 0 Å². The second kappa shape index (κ2) is 12.5. The molecule has 2 heteroatoms. The average molecular weight is 663 g/mol. The summed E-state index contributed by atoms with van der Waals surface area (Å²) in [4.78, 5) is 2.38. The van der Waals surface area contributed by atoms with Crippen molar-refractivity contribution >= 4 is 60.4 Å². The Morgan fingerprint density at radius 2 is 0.904 bits per heavy atom. The molecule has 0 atom stereocenters. The smallest absolute Gasteiger partial charge is 0.0547 e. The minimum atomic E-state index is 1.10. The SMILES string of the molecule is c1ccc(-c2ccc(N(c3ccc(-n4c5ccccc5c5c6c(-c7ccccc7)cccc6ccc54)cc3)c3cccc4ccccc34)cc2)cc1. The molecule has 0 spiro atoms. The number of hydrogen-bond donors (Lipinski definition) is 0. The number of nitrogens with zero attached hydrogens (tertiary/aromatic N) is 2. The Hall–Kier alpha value is -6.90. The van der Waals surface area contributed by atoms with Crippen LogP contribution < -0.4 is 4.90 Å². The maximum Gasteiger partial charge on any atom is 0.0547 e. The molecule has 0 bridgehead atoms. The first-order valence-corrected chi connectivity index (χ1v) is 17.9. The number of fused-ring (bicyclic) bond motifs is 6. The molecule has 52 heavy (non-hydrogen) atoms. The van der Waals surface area contributed by atoms with Gasteiger partial charge >= 0.3 is 0 Å². The quantitative estimate of drug-likeness (QED) is 0.172. The van der Waals surface area contributed by atoms with E-state index in [1.165, 1.54) is 65.6 Å². The lowest BCUT2D eigenvalue weighted by atomic mass is 9.94. The minimum absolute atomic E-state index is 1.10. The number of aromatic nitrogens is 1. The van der Waals surface area contributed by atoms with E-state index in [0.29, 0.717) is 0 Å². The van der Waals surface area contributed by atoms with Crippen LogP contribution in [0.1, 0.15) is 0 Å². The molecule has 0 aliphatic heterocycles. The summed E-state index contributed by atoms with van der Waals surface area (Å²) in [6.07, 6.45) is 0. The van der Waals surface area contributed by atoms with Gasteiger partial charge in [0.05, 0.1) is 16.7 Å². The molecule has 0 fully saturated rings. The van der Waals surface area contributed by atoms with Crippen molar-refractivity contribution in [1.82, 2.24) is 4.57 Å². The lowest BCUT2D eigenvalue weighted by molar-refractivity contribution is 1.17. The molecule has 10 rings (SSSR count). The lowest BCUT2D eigenvalue weighted by Gasteiger charge is -2.27. The molecule has 1 aromatic heterocycles. The van der Waals surface area contributed by atoms with E-state index in [9.17, 15) is 0 Å². The Morgan fingerprint density at radius 3 is 1.67 bits per heavy atom. The summed E-state index contributed by atoms with van der Waals surface area (Å²) in [7, 11) is 0. The van der Waals surface area contributed by atoms with Crippen LogP contribution in [-0.2, 0) is 0 Å². The largest absolute Gasteiger partial charge is 0.310 e. The zero-order valence-corrected chi connectivity index (χ0v) is 28.5. The Bertz CT molecular complexity index is 2860. The molecule has 0 aliphatic carbocycles. The second-order valence-electron chi connectivity index (χ2n) is 13.3. The molecule has 1 heterocycles. The number of anilines is 3. The summed E-state index contributed by atoms with van der Waals surface area (Å²) < 4.78 is 2.42. The molecular weight excluding hydrogens is 629 g/mol. The Morgan fingerprint density at radius 1 is 0.327 bits per heavy atom. The van der Waals surface area contributed by atoms with E-state index >= 15 is 0 Å². The van der Waals surface area contributed by atoms with Crippen molar-refractivity contribution in [2.75, 3.05) is 4.90 Å². The van der Waals surface area contributed by atoms with E-state index in [0.717, 1.165) is 22.7 Å². The Balaban J connectivity index is 1.15. The molecule has 0 radical (unpaired) electrons. The third-order valence-corrected chi connectivity index (χ3v) is 10.4. The van der Waals surface area contributed by atoms with E-state index in [4.69, 9.17) is 0 Å². The van der Waals surface area contributed by atoms with Gasteiger partial charge in [-0.1, -0.05) is 152 Å². The van der Waals surface area contributed by atoms with E-state index in [1.54, 1.807) is 0 Å². The van der Waals surface area contributed by atoms with Crippen molar-refractivity contribution in [3.63, 3.8) is 0 Å². The standard InChI is InChI=1S/C50H34N2/c1-3-13-35(14-4-1)36-25-28-40(29-26-36)51(46-24-12-18-37-17-7-8-20-43(37)46)41-30-32-42(33-31-41)52-47-23-10-9-21-45(47)50-48(52)34-27-39-19-11-22-44(49(39)50)38-15-5-2-6-16-38/h1-34H. The van der Waals surface area contributed by atoms with Crippen LogP contribution in [0.15, 0.2) is 206 Å². The number of benzene rings is 9. The summed E-state index contributed by atoms with van der Waals surface area (Å²) >= 11 is 0. The molecule has 0 saturated carbocycles. The third-order valence-electron chi connectivity index (χ3n) is 10.4. The molecule has 0 N–H and O–H groups in total. The lowest BCUT2D eigenvalue weighted by Crippen LogP contribution is -2.10. The van der Waals surface area contributed by atoms with Gasteiger partial charge in [0, 0.05) is 33.2 Å². The molecule has 244 valence electrons. The Kier molecular flexibility index (Phi) is 7.18. The maximum atomic E-state index is 2.42. The maximum absolute atomic E-state index is 2.42. The van der Waals surface area contributed by atoms with Crippen molar-refractivity contribution in [2.24, 2.45) is 0 Å². The molecular formula is C50H34N2. The molecule has 9 aromatic carbocycles. The third kappa shape index (κ3) is 4.96. The van der Waals surface area contributed by atoms with E-state index in [1.807, 2.05) is 0 Å². The van der Waals surface area contributed by atoms with Crippen molar-refractivity contribution in [3.8, 4) is 27.9 Å². The highest BCUT2D eigenvalue weighted by Gasteiger charge is 2.19. The summed E-state index contributed by atoms with van der Waals surface area (Å²) in [5, 5.41) is 7.51. The fourth-order valence-corrected chi connectivity index (χ4v) is 7.99. The molecule has 2 nitrogen and oxygen atoms in total. The fourth-order valence-electron chi connectivity index (χ4n) is 7.99. The number of rotatable bonds is 6. The van der Waals surface area contributed by atoms with Gasteiger partial charge in [0.1, 0.15) is 0 Å². The fraction of sp³-hybridized carbons (Fsp3) is 0. The highest BCUT2D eigenvalue weighted by atomic mass is 15.1. The van der Waals surface area contributed by atoms with Crippen LogP contribution in [-0.4, -0.2) is 4.57 Å². The van der Waals surface area contributed by atoms with Gasteiger partial charge in [0.25, 0.3) is 0 Å². The van der Waals surface area contributed by atoms with E-state index in [2.05, 4.69) is 216 Å². The first-order valence-electron chi connectivity index (χ1n) is 17.9. The molecule has 0 amide bonds. The zero-order chi connectivity index (χ0) is 34.4. The van der Waals surface area contributed by atoms with E-state index < -0.39 is 0 Å². The van der Waals surface area contributed by atoms with Gasteiger partial charge in [-0.3, -0.25) is 0 Å². The number of para-hydroxylation sites is 1. The van der Waals surface area contributed by atoms with Gasteiger partial charge in [0.2, 0.25) is 0 Å². The summed E-state index contributed by atoms with van der Waals surface area (Å²) in [6, 6.07) is 74.6. The van der Waals surface area contributed by atoms with Crippen LogP contribution in [0.25, 0.3) is 71.3 Å². The highest BCUT2D eigenvalue weighted by molar-refractivity contribution is 6.24. The topological polar surface area (TPSA) is 8.17 Å². The van der Waals surface area contributed by atoms with Crippen LogP contribution in [0.3, 0.4) is 0 Å². The van der Waals surface area contributed by atoms with Crippen LogP contribution in [0.2, 0.25) is 0 Å². The van der Waals surface area contributed by atoms with E-state index in [-0.39, 0.29) is 0 Å². The molecule has 10 aromatic rings. The van der Waals surface area contributed by atoms with Crippen LogP contribution in [0.4, 0.5) is 17.1 Å². The monoisotopic (exact) mass is 662 g/mol. The summed E-state index contributed by atoms with van der Waals surface area (Å²) in [6.45, 7) is 0. The van der Waals surface area contributed by atoms with Crippen LogP contribution in [0, 0.1) is 0 Å². The van der Waals surface area contributed by atoms with Crippen LogP contribution >= 0.6 is 0 Å². The Labute approximate surface area is 303 Å². The van der Waals surface area contributed by atoms with Crippen molar-refractivity contribution in [1.29, 1.82) is 0 Å². The van der Waals surface area contributed by atoms with Gasteiger partial charge in [-0.05, 0) is 93.0 Å². The summed E-state index contributed by atoms with van der Waals surface area (Å²) in [5.74, 6) is 0. The van der Waals surface area contributed by atoms with Crippen molar-refractivity contribution < 1.29 is 0 Å². The molecule has 0 aliphatic rings. The predicted octanol–water partition coefficient (Wildman–Crippen LogP) is 13.9. The first kappa shape index (κ1) is 30.0. The average Bonchev–Trinajstić information content (AvgIpc) is 3.57. The van der Waals surface area contributed by atoms with Gasteiger partial charge in [-0.15, -0.1) is 0 Å². The molecule has 0 saturated heterocycles. The van der Waals surface area contributed by atoms with Gasteiger partial charge in [-0.25, -0.2) is 0 Å².